The van der Waals surface area contributed by atoms with Gasteiger partial charge in [0.25, 0.3) is 0 Å². The van der Waals surface area contributed by atoms with Crippen molar-refractivity contribution in [2.45, 2.75) is 39.8 Å². The maximum atomic E-state index is 4.27. The molecule has 0 aliphatic rings. The van der Waals surface area contributed by atoms with Crippen molar-refractivity contribution >= 4 is 0 Å². The van der Waals surface area contributed by atoms with Crippen LogP contribution in [0.4, 0.5) is 0 Å². The molecule has 1 atom stereocenters. The Morgan fingerprint density at radius 1 is 1.46 bits per heavy atom. The van der Waals surface area contributed by atoms with Crippen LogP contribution in [0.2, 0.25) is 0 Å². The number of hydrogen-bond acceptors (Lipinski definition) is 2. The van der Waals surface area contributed by atoms with Crippen molar-refractivity contribution in [2.75, 3.05) is 6.54 Å². The van der Waals surface area contributed by atoms with Gasteiger partial charge in [0.05, 0.1) is 6.04 Å². The predicted octanol–water partition coefficient (Wildman–Crippen LogP) is 1.75. The first-order chi connectivity index (χ1) is 6.11. The molecule has 0 aliphatic heterocycles. The van der Waals surface area contributed by atoms with Gasteiger partial charge in [0, 0.05) is 24.5 Å². The van der Waals surface area contributed by atoms with E-state index in [0.717, 1.165) is 6.54 Å². The molecule has 0 aliphatic carbocycles. The van der Waals surface area contributed by atoms with Crippen LogP contribution < -0.4 is 5.32 Å². The molecule has 74 valence electrons. The Kier molecular flexibility index (Phi) is 3.48. The standard InChI is InChI=1S/C10H19N3/c1-8(2)11-7-10(4)13-9(3)5-6-12-13/h5-6,8,10-11H,7H2,1-4H3. The molecule has 13 heavy (non-hydrogen) atoms. The fraction of sp³-hybridized carbons (Fsp3) is 0.700. The summed E-state index contributed by atoms with van der Waals surface area (Å²) in [4.78, 5) is 0. The molecular weight excluding hydrogens is 162 g/mol. The number of hydrogen-bond donors (Lipinski definition) is 1. The zero-order chi connectivity index (χ0) is 9.84. The smallest absolute Gasteiger partial charge is 0.0618 e. The summed E-state index contributed by atoms with van der Waals surface area (Å²) in [5.41, 5.74) is 1.22. The highest BCUT2D eigenvalue weighted by molar-refractivity contribution is 4.98. The maximum absolute atomic E-state index is 4.27. The Bertz CT molecular complexity index is 252. The van der Waals surface area contributed by atoms with E-state index in [9.17, 15) is 0 Å². The van der Waals surface area contributed by atoms with Crippen molar-refractivity contribution < 1.29 is 0 Å². The summed E-state index contributed by atoms with van der Waals surface area (Å²) in [7, 11) is 0. The van der Waals surface area contributed by atoms with Gasteiger partial charge in [-0.15, -0.1) is 0 Å². The Morgan fingerprint density at radius 2 is 2.15 bits per heavy atom. The summed E-state index contributed by atoms with van der Waals surface area (Å²) in [5.74, 6) is 0. The predicted molar refractivity (Wildman–Crippen MR) is 54.8 cm³/mol. The zero-order valence-corrected chi connectivity index (χ0v) is 8.91. The molecule has 0 bridgehead atoms. The second-order valence-corrected chi connectivity index (χ2v) is 3.83. The van der Waals surface area contributed by atoms with Crippen molar-refractivity contribution in [3.63, 3.8) is 0 Å². The summed E-state index contributed by atoms with van der Waals surface area (Å²) >= 11 is 0. The van der Waals surface area contributed by atoms with Crippen LogP contribution in [0.15, 0.2) is 12.3 Å². The highest BCUT2D eigenvalue weighted by Crippen LogP contribution is 2.06. The van der Waals surface area contributed by atoms with Crippen LogP contribution in [0.1, 0.15) is 32.5 Å². The lowest BCUT2D eigenvalue weighted by atomic mass is 10.3. The van der Waals surface area contributed by atoms with E-state index in [1.165, 1.54) is 5.69 Å². The quantitative estimate of drug-likeness (QED) is 0.767. The van der Waals surface area contributed by atoms with Crippen LogP contribution in [0.3, 0.4) is 0 Å². The van der Waals surface area contributed by atoms with Crippen LogP contribution in [-0.2, 0) is 0 Å². The van der Waals surface area contributed by atoms with E-state index >= 15 is 0 Å². The van der Waals surface area contributed by atoms with E-state index in [-0.39, 0.29) is 0 Å². The summed E-state index contributed by atoms with van der Waals surface area (Å²) in [5, 5.41) is 7.67. The van der Waals surface area contributed by atoms with Gasteiger partial charge in [-0.25, -0.2) is 0 Å². The fourth-order valence-corrected chi connectivity index (χ4v) is 1.33. The van der Waals surface area contributed by atoms with Gasteiger partial charge in [0.15, 0.2) is 0 Å². The van der Waals surface area contributed by atoms with Crippen LogP contribution in [0, 0.1) is 6.92 Å². The van der Waals surface area contributed by atoms with Crippen LogP contribution in [0.5, 0.6) is 0 Å². The SMILES string of the molecule is Cc1ccnn1C(C)CNC(C)C. The molecule has 1 aromatic rings. The third-order valence-corrected chi connectivity index (χ3v) is 2.11. The van der Waals surface area contributed by atoms with Crippen LogP contribution in [0.25, 0.3) is 0 Å². The van der Waals surface area contributed by atoms with Crippen molar-refractivity contribution in [3.05, 3.63) is 18.0 Å². The van der Waals surface area contributed by atoms with Crippen LogP contribution in [-0.4, -0.2) is 22.4 Å². The van der Waals surface area contributed by atoms with E-state index in [2.05, 4.69) is 42.8 Å². The van der Waals surface area contributed by atoms with Crippen LogP contribution >= 0.6 is 0 Å². The summed E-state index contributed by atoms with van der Waals surface area (Å²) < 4.78 is 2.05. The first-order valence-corrected chi connectivity index (χ1v) is 4.84. The molecule has 0 radical (unpaired) electrons. The average Bonchev–Trinajstić information content (AvgIpc) is 2.47. The Labute approximate surface area is 80.1 Å². The van der Waals surface area contributed by atoms with E-state index in [1.54, 1.807) is 0 Å². The van der Waals surface area contributed by atoms with E-state index < -0.39 is 0 Å². The molecule has 0 amide bonds. The molecular formula is C10H19N3. The molecule has 0 fully saturated rings. The van der Waals surface area contributed by atoms with Crippen molar-refractivity contribution in [1.29, 1.82) is 0 Å². The summed E-state index contributed by atoms with van der Waals surface area (Å²) in [6.45, 7) is 9.54. The lowest BCUT2D eigenvalue weighted by molar-refractivity contribution is 0.426. The molecule has 0 aromatic carbocycles. The first kappa shape index (κ1) is 10.3. The third-order valence-electron chi connectivity index (χ3n) is 2.11. The van der Waals surface area contributed by atoms with Gasteiger partial charge in [-0.05, 0) is 19.9 Å². The number of nitrogens with zero attached hydrogens (tertiary/aromatic N) is 2. The third kappa shape index (κ3) is 2.84. The topological polar surface area (TPSA) is 29.9 Å². The molecule has 1 unspecified atom stereocenters. The molecule has 1 rings (SSSR count). The lowest BCUT2D eigenvalue weighted by Gasteiger charge is -2.16. The number of aryl methyl sites for hydroxylation is 1. The monoisotopic (exact) mass is 181 g/mol. The zero-order valence-electron chi connectivity index (χ0n) is 8.91. The minimum atomic E-state index is 0.428. The van der Waals surface area contributed by atoms with E-state index in [4.69, 9.17) is 0 Å². The molecule has 1 heterocycles. The van der Waals surface area contributed by atoms with Gasteiger partial charge in [-0.2, -0.15) is 5.10 Å². The summed E-state index contributed by atoms with van der Waals surface area (Å²) in [6.07, 6.45) is 1.85. The summed E-state index contributed by atoms with van der Waals surface area (Å²) in [6, 6.07) is 3.00. The molecule has 1 N–H and O–H groups in total. The fourth-order valence-electron chi connectivity index (χ4n) is 1.33. The lowest BCUT2D eigenvalue weighted by Crippen LogP contribution is -2.29. The van der Waals surface area contributed by atoms with Gasteiger partial charge < -0.3 is 5.32 Å². The largest absolute Gasteiger partial charge is 0.312 e. The highest BCUT2D eigenvalue weighted by Gasteiger charge is 2.06. The molecule has 3 heteroatoms. The van der Waals surface area contributed by atoms with Crippen molar-refractivity contribution in [1.82, 2.24) is 15.1 Å². The molecule has 1 aromatic heterocycles. The number of aromatic nitrogens is 2. The van der Waals surface area contributed by atoms with Gasteiger partial charge in [0.2, 0.25) is 0 Å². The van der Waals surface area contributed by atoms with Crippen molar-refractivity contribution in [2.24, 2.45) is 0 Å². The Hall–Kier alpha value is -0.830. The second-order valence-electron chi connectivity index (χ2n) is 3.83. The van der Waals surface area contributed by atoms with Gasteiger partial charge in [-0.1, -0.05) is 13.8 Å². The van der Waals surface area contributed by atoms with E-state index in [0.29, 0.717) is 12.1 Å². The highest BCUT2D eigenvalue weighted by atomic mass is 15.3. The molecule has 3 nitrogen and oxygen atoms in total. The number of nitrogens with one attached hydrogen (secondary N) is 1. The molecule has 0 spiro atoms. The van der Waals surface area contributed by atoms with Crippen molar-refractivity contribution in [3.8, 4) is 0 Å². The average molecular weight is 181 g/mol. The van der Waals surface area contributed by atoms with Gasteiger partial charge in [-0.3, -0.25) is 4.68 Å². The minimum Gasteiger partial charge on any atom is -0.312 e. The maximum Gasteiger partial charge on any atom is 0.0618 e. The van der Waals surface area contributed by atoms with Gasteiger partial charge >= 0.3 is 0 Å². The van der Waals surface area contributed by atoms with Gasteiger partial charge in [0.1, 0.15) is 0 Å². The molecule has 0 saturated carbocycles. The first-order valence-electron chi connectivity index (χ1n) is 4.84. The molecule has 0 saturated heterocycles. The Morgan fingerprint density at radius 3 is 2.62 bits per heavy atom. The number of rotatable bonds is 4. The van der Waals surface area contributed by atoms with E-state index in [1.807, 2.05) is 12.3 Å². The minimum absolute atomic E-state index is 0.428. The second kappa shape index (κ2) is 4.42. The Balaban J connectivity index is 2.49. The normalized spacial score (nSPS) is 13.6.